The van der Waals surface area contributed by atoms with E-state index in [9.17, 15) is 4.79 Å². The molecule has 0 atom stereocenters. The summed E-state index contributed by atoms with van der Waals surface area (Å²) in [4.78, 5) is 11.6. The molecule has 0 bridgehead atoms. The number of aryl methyl sites for hydroxylation is 2. The Labute approximate surface area is 89.2 Å². The SMILES string of the molecule is O=C1CCc2cc3c(cc21)OCCCC3. The Morgan fingerprint density at radius 1 is 1.00 bits per heavy atom. The minimum absolute atomic E-state index is 0.278. The highest BCUT2D eigenvalue weighted by Gasteiger charge is 2.22. The van der Waals surface area contributed by atoms with E-state index in [1.807, 2.05) is 6.07 Å². The van der Waals surface area contributed by atoms with Crippen LogP contribution in [0.4, 0.5) is 0 Å². The van der Waals surface area contributed by atoms with Gasteiger partial charge in [-0.2, -0.15) is 0 Å². The number of carbonyl (C=O) groups is 1. The molecule has 0 aromatic heterocycles. The summed E-state index contributed by atoms with van der Waals surface area (Å²) >= 11 is 0. The van der Waals surface area contributed by atoms with E-state index in [0.29, 0.717) is 6.42 Å². The van der Waals surface area contributed by atoms with Gasteiger partial charge in [0, 0.05) is 12.0 Å². The number of hydrogen-bond acceptors (Lipinski definition) is 2. The van der Waals surface area contributed by atoms with Crippen molar-refractivity contribution in [2.24, 2.45) is 0 Å². The van der Waals surface area contributed by atoms with Crippen LogP contribution in [0, 0.1) is 0 Å². The second-order valence-corrected chi connectivity index (χ2v) is 4.35. The van der Waals surface area contributed by atoms with Crippen LogP contribution in [0.3, 0.4) is 0 Å². The first-order valence-electron chi connectivity index (χ1n) is 5.66. The number of fused-ring (bicyclic) bond motifs is 2. The predicted molar refractivity (Wildman–Crippen MR) is 57.5 cm³/mol. The third-order valence-corrected chi connectivity index (χ3v) is 3.31. The predicted octanol–water partition coefficient (Wildman–Crippen LogP) is 2.53. The zero-order chi connectivity index (χ0) is 10.3. The van der Waals surface area contributed by atoms with Gasteiger partial charge >= 0.3 is 0 Å². The van der Waals surface area contributed by atoms with Crippen molar-refractivity contribution in [3.63, 3.8) is 0 Å². The maximum atomic E-state index is 11.6. The minimum atomic E-state index is 0.278. The summed E-state index contributed by atoms with van der Waals surface area (Å²) < 4.78 is 5.67. The average Bonchev–Trinajstić information content (AvgIpc) is 2.49. The molecule has 15 heavy (non-hydrogen) atoms. The van der Waals surface area contributed by atoms with Crippen molar-refractivity contribution in [2.45, 2.75) is 32.1 Å². The molecular formula is C13H14O2. The Balaban J connectivity index is 2.10. The Kier molecular flexibility index (Phi) is 2.01. The van der Waals surface area contributed by atoms with Crippen molar-refractivity contribution < 1.29 is 9.53 Å². The van der Waals surface area contributed by atoms with E-state index in [1.54, 1.807) is 0 Å². The number of ether oxygens (including phenoxy) is 1. The molecule has 78 valence electrons. The van der Waals surface area contributed by atoms with E-state index in [1.165, 1.54) is 17.5 Å². The lowest BCUT2D eigenvalue weighted by atomic mass is 10.0. The fraction of sp³-hybridized carbons (Fsp3) is 0.462. The Morgan fingerprint density at radius 2 is 1.93 bits per heavy atom. The molecule has 1 aromatic carbocycles. The first-order valence-corrected chi connectivity index (χ1v) is 5.66. The van der Waals surface area contributed by atoms with Gasteiger partial charge in [0.15, 0.2) is 5.78 Å². The summed E-state index contributed by atoms with van der Waals surface area (Å²) in [5, 5.41) is 0. The van der Waals surface area contributed by atoms with Crippen LogP contribution >= 0.6 is 0 Å². The molecule has 2 aliphatic rings. The molecule has 1 aliphatic carbocycles. The highest BCUT2D eigenvalue weighted by atomic mass is 16.5. The maximum Gasteiger partial charge on any atom is 0.163 e. The summed E-state index contributed by atoms with van der Waals surface area (Å²) in [5.74, 6) is 1.22. The molecule has 3 rings (SSSR count). The second kappa shape index (κ2) is 3.37. The van der Waals surface area contributed by atoms with Gasteiger partial charge < -0.3 is 4.74 Å². The molecule has 0 radical (unpaired) electrons. The molecule has 0 fully saturated rings. The van der Waals surface area contributed by atoms with Gasteiger partial charge in [-0.05, 0) is 42.9 Å². The molecule has 2 nitrogen and oxygen atoms in total. The Morgan fingerprint density at radius 3 is 2.87 bits per heavy atom. The Bertz CT molecular complexity index is 421. The molecule has 0 amide bonds. The second-order valence-electron chi connectivity index (χ2n) is 4.35. The monoisotopic (exact) mass is 202 g/mol. The lowest BCUT2D eigenvalue weighted by molar-refractivity contribution is 0.0994. The number of benzene rings is 1. The standard InChI is InChI=1S/C13H14O2/c14-12-5-4-9-7-10-3-1-2-6-15-13(10)8-11(9)12/h7-8H,1-6H2. The summed E-state index contributed by atoms with van der Waals surface area (Å²) in [6, 6.07) is 4.15. The molecule has 1 aliphatic heterocycles. The number of rotatable bonds is 0. The van der Waals surface area contributed by atoms with Crippen LogP contribution in [0.25, 0.3) is 0 Å². The summed E-state index contributed by atoms with van der Waals surface area (Å²) in [7, 11) is 0. The molecule has 0 saturated carbocycles. The molecule has 1 heterocycles. The summed E-state index contributed by atoms with van der Waals surface area (Å²) in [6.07, 6.45) is 5.00. The number of carbonyl (C=O) groups excluding carboxylic acids is 1. The van der Waals surface area contributed by atoms with E-state index >= 15 is 0 Å². The molecular weight excluding hydrogens is 188 g/mol. The summed E-state index contributed by atoms with van der Waals surface area (Å²) in [5.41, 5.74) is 3.42. The van der Waals surface area contributed by atoms with Crippen LogP contribution < -0.4 is 4.74 Å². The van der Waals surface area contributed by atoms with Crippen LogP contribution in [0.15, 0.2) is 12.1 Å². The molecule has 2 heteroatoms. The molecule has 0 saturated heterocycles. The number of Topliss-reactive ketones (excluding diaryl/α,β-unsaturated/α-hetero) is 1. The van der Waals surface area contributed by atoms with Crippen LogP contribution in [0.1, 0.15) is 40.7 Å². The van der Waals surface area contributed by atoms with Gasteiger partial charge in [0.25, 0.3) is 0 Å². The first kappa shape index (κ1) is 8.96. The topological polar surface area (TPSA) is 26.3 Å². The molecule has 0 unspecified atom stereocenters. The third-order valence-electron chi connectivity index (χ3n) is 3.31. The highest BCUT2D eigenvalue weighted by molar-refractivity contribution is 6.00. The van der Waals surface area contributed by atoms with Crippen molar-refractivity contribution in [2.75, 3.05) is 6.61 Å². The zero-order valence-electron chi connectivity index (χ0n) is 8.71. The molecule has 0 N–H and O–H groups in total. The minimum Gasteiger partial charge on any atom is -0.493 e. The van der Waals surface area contributed by atoms with Gasteiger partial charge in [-0.15, -0.1) is 0 Å². The number of ketones is 1. The van der Waals surface area contributed by atoms with E-state index in [0.717, 1.165) is 37.2 Å². The number of hydrogen-bond donors (Lipinski definition) is 0. The van der Waals surface area contributed by atoms with Crippen LogP contribution in [0.5, 0.6) is 5.75 Å². The molecule has 0 spiro atoms. The van der Waals surface area contributed by atoms with Gasteiger partial charge in [-0.3, -0.25) is 4.79 Å². The van der Waals surface area contributed by atoms with Gasteiger partial charge in [0.2, 0.25) is 0 Å². The first-order chi connectivity index (χ1) is 7.34. The van der Waals surface area contributed by atoms with E-state index in [2.05, 4.69) is 6.07 Å². The van der Waals surface area contributed by atoms with Crippen molar-refractivity contribution in [3.05, 3.63) is 28.8 Å². The van der Waals surface area contributed by atoms with Crippen molar-refractivity contribution in [1.82, 2.24) is 0 Å². The Hall–Kier alpha value is -1.31. The van der Waals surface area contributed by atoms with Gasteiger partial charge in [-0.1, -0.05) is 6.07 Å². The van der Waals surface area contributed by atoms with Crippen LogP contribution in [0.2, 0.25) is 0 Å². The normalized spacial score (nSPS) is 19.1. The van der Waals surface area contributed by atoms with Crippen molar-refractivity contribution >= 4 is 5.78 Å². The largest absolute Gasteiger partial charge is 0.493 e. The van der Waals surface area contributed by atoms with Crippen molar-refractivity contribution in [3.8, 4) is 5.75 Å². The van der Waals surface area contributed by atoms with Gasteiger partial charge in [-0.25, -0.2) is 0 Å². The lowest BCUT2D eigenvalue weighted by Gasteiger charge is -2.09. The molecule has 1 aromatic rings. The van der Waals surface area contributed by atoms with Gasteiger partial charge in [0.1, 0.15) is 5.75 Å². The van der Waals surface area contributed by atoms with E-state index in [4.69, 9.17) is 4.74 Å². The smallest absolute Gasteiger partial charge is 0.163 e. The van der Waals surface area contributed by atoms with Crippen molar-refractivity contribution in [1.29, 1.82) is 0 Å². The quantitative estimate of drug-likeness (QED) is 0.646. The van der Waals surface area contributed by atoms with E-state index < -0.39 is 0 Å². The maximum absolute atomic E-state index is 11.6. The van der Waals surface area contributed by atoms with E-state index in [-0.39, 0.29) is 5.78 Å². The van der Waals surface area contributed by atoms with Crippen LogP contribution in [-0.4, -0.2) is 12.4 Å². The fourth-order valence-corrected chi connectivity index (χ4v) is 2.45. The van der Waals surface area contributed by atoms with Gasteiger partial charge in [0.05, 0.1) is 6.61 Å². The van der Waals surface area contributed by atoms with Crippen LogP contribution in [-0.2, 0) is 12.8 Å². The highest BCUT2D eigenvalue weighted by Crippen LogP contribution is 2.32. The third kappa shape index (κ3) is 1.44. The summed E-state index contributed by atoms with van der Waals surface area (Å²) in [6.45, 7) is 0.792. The zero-order valence-corrected chi connectivity index (χ0v) is 8.71. The average molecular weight is 202 g/mol. The fourth-order valence-electron chi connectivity index (χ4n) is 2.45. The lowest BCUT2D eigenvalue weighted by Crippen LogP contribution is -1.98.